The van der Waals surface area contributed by atoms with E-state index in [-0.39, 0.29) is 24.8 Å². The minimum absolute atomic E-state index is 0.00536. The number of carbonyl (C=O) groups excluding carboxylic acids is 1. The highest BCUT2D eigenvalue weighted by Crippen LogP contribution is 2.29. The molecule has 2 rings (SSSR count). The van der Waals surface area contributed by atoms with Gasteiger partial charge in [0.1, 0.15) is 5.76 Å². The summed E-state index contributed by atoms with van der Waals surface area (Å²) in [6.07, 6.45) is 1.15. The van der Waals surface area contributed by atoms with Crippen LogP contribution in [0.15, 0.2) is 34.9 Å². The molecule has 136 valence electrons. The van der Waals surface area contributed by atoms with Crippen molar-refractivity contribution in [3.8, 4) is 0 Å². The van der Waals surface area contributed by atoms with Gasteiger partial charge in [-0.25, -0.2) is 8.42 Å². The van der Waals surface area contributed by atoms with E-state index in [1.807, 2.05) is 26.0 Å². The van der Waals surface area contributed by atoms with E-state index < -0.39 is 10.0 Å². The molecule has 0 aliphatic rings. The predicted octanol–water partition coefficient (Wildman–Crippen LogP) is 2.90. The van der Waals surface area contributed by atoms with E-state index in [0.717, 1.165) is 11.8 Å². The number of nitrogens with one attached hydrogen (secondary N) is 1. The van der Waals surface area contributed by atoms with Crippen molar-refractivity contribution in [2.24, 2.45) is 0 Å². The van der Waals surface area contributed by atoms with Gasteiger partial charge in [-0.1, -0.05) is 37.2 Å². The summed E-state index contributed by atoms with van der Waals surface area (Å²) in [5.41, 5.74) is 1.52. The molecule has 0 aliphatic heterocycles. The van der Waals surface area contributed by atoms with Gasteiger partial charge in [0.05, 0.1) is 11.9 Å². The number of hydrogen-bond acceptors (Lipinski definition) is 5. The number of anilines is 2. The van der Waals surface area contributed by atoms with E-state index in [1.165, 1.54) is 4.31 Å². The summed E-state index contributed by atoms with van der Waals surface area (Å²) in [6, 6.07) is 8.92. The lowest BCUT2D eigenvalue weighted by Gasteiger charge is -2.26. The molecule has 0 atom stereocenters. The Balaban J connectivity index is 2.16. The SMILES string of the molecule is Cc1cc(NC(=O)CCN(c2ccccc2C(C)C)S(C)(=O)=O)no1. The second kappa shape index (κ2) is 7.69. The van der Waals surface area contributed by atoms with Gasteiger partial charge in [-0.05, 0) is 24.5 Å². The van der Waals surface area contributed by atoms with Crippen molar-refractivity contribution in [2.75, 3.05) is 22.4 Å². The van der Waals surface area contributed by atoms with Gasteiger partial charge in [0.2, 0.25) is 15.9 Å². The molecule has 7 nitrogen and oxygen atoms in total. The summed E-state index contributed by atoms with van der Waals surface area (Å²) < 4.78 is 30.7. The first kappa shape index (κ1) is 19.0. The Hall–Kier alpha value is -2.35. The van der Waals surface area contributed by atoms with Crippen molar-refractivity contribution >= 4 is 27.4 Å². The molecule has 0 saturated carbocycles. The highest BCUT2D eigenvalue weighted by molar-refractivity contribution is 7.92. The fraction of sp³-hybridized carbons (Fsp3) is 0.412. The fourth-order valence-corrected chi connectivity index (χ4v) is 3.45. The Kier molecular flexibility index (Phi) is 5.84. The zero-order valence-electron chi connectivity index (χ0n) is 14.8. The molecule has 0 unspecified atom stereocenters. The molecule has 25 heavy (non-hydrogen) atoms. The zero-order chi connectivity index (χ0) is 18.6. The molecule has 1 amide bonds. The topological polar surface area (TPSA) is 92.5 Å². The van der Waals surface area contributed by atoms with Crippen LogP contribution in [0.4, 0.5) is 11.5 Å². The molecule has 8 heteroatoms. The second-order valence-electron chi connectivity index (χ2n) is 6.17. The van der Waals surface area contributed by atoms with Crippen LogP contribution in [0.1, 0.15) is 37.5 Å². The monoisotopic (exact) mass is 365 g/mol. The molecular formula is C17H23N3O4S. The third kappa shape index (κ3) is 5.06. The van der Waals surface area contributed by atoms with E-state index >= 15 is 0 Å². The van der Waals surface area contributed by atoms with Crippen LogP contribution in [0.3, 0.4) is 0 Å². The molecule has 0 radical (unpaired) electrons. The van der Waals surface area contributed by atoms with Crippen molar-refractivity contribution in [3.05, 3.63) is 41.7 Å². The van der Waals surface area contributed by atoms with E-state index in [0.29, 0.717) is 17.3 Å². The Morgan fingerprint density at radius 2 is 2.00 bits per heavy atom. The Morgan fingerprint density at radius 1 is 1.32 bits per heavy atom. The molecule has 0 fully saturated rings. The molecule has 0 bridgehead atoms. The van der Waals surface area contributed by atoms with Crippen molar-refractivity contribution in [3.63, 3.8) is 0 Å². The lowest BCUT2D eigenvalue weighted by Crippen LogP contribution is -2.33. The maximum atomic E-state index is 12.2. The second-order valence-corrected chi connectivity index (χ2v) is 8.08. The van der Waals surface area contributed by atoms with E-state index in [4.69, 9.17) is 4.52 Å². The molecule has 1 aromatic carbocycles. The zero-order valence-corrected chi connectivity index (χ0v) is 15.6. The number of aryl methyl sites for hydroxylation is 1. The van der Waals surface area contributed by atoms with Crippen LogP contribution in [0.5, 0.6) is 0 Å². The number of benzene rings is 1. The standard InChI is InChI=1S/C17H23N3O4S/c1-12(2)14-7-5-6-8-15(14)20(25(4,22)23)10-9-17(21)18-16-11-13(3)24-19-16/h5-8,11-12H,9-10H2,1-4H3,(H,18,19,21). The average molecular weight is 365 g/mol. The number of carbonyl (C=O) groups is 1. The van der Waals surface area contributed by atoms with Gasteiger partial charge in [0.15, 0.2) is 5.82 Å². The molecule has 0 aliphatic carbocycles. The van der Waals surface area contributed by atoms with Crippen LogP contribution < -0.4 is 9.62 Å². The number of amides is 1. The van der Waals surface area contributed by atoms with Crippen LogP contribution in [0.2, 0.25) is 0 Å². The lowest BCUT2D eigenvalue weighted by molar-refractivity contribution is -0.116. The van der Waals surface area contributed by atoms with Gasteiger partial charge in [-0.2, -0.15) is 0 Å². The minimum atomic E-state index is -3.52. The summed E-state index contributed by atoms with van der Waals surface area (Å²) in [7, 11) is -3.52. The number of aromatic nitrogens is 1. The van der Waals surface area contributed by atoms with E-state index in [1.54, 1.807) is 25.1 Å². The third-order valence-electron chi connectivity index (χ3n) is 3.67. The first-order chi connectivity index (χ1) is 11.7. The first-order valence-corrected chi connectivity index (χ1v) is 9.83. The van der Waals surface area contributed by atoms with Gasteiger partial charge < -0.3 is 9.84 Å². The smallest absolute Gasteiger partial charge is 0.232 e. The number of rotatable bonds is 7. The number of sulfonamides is 1. The summed E-state index contributed by atoms with van der Waals surface area (Å²) in [5, 5.41) is 6.28. The number of nitrogens with zero attached hydrogens (tertiary/aromatic N) is 2. The highest BCUT2D eigenvalue weighted by atomic mass is 32.2. The van der Waals surface area contributed by atoms with Gasteiger partial charge >= 0.3 is 0 Å². The lowest BCUT2D eigenvalue weighted by atomic mass is 10.0. The van der Waals surface area contributed by atoms with Crippen molar-refractivity contribution in [1.82, 2.24) is 5.16 Å². The van der Waals surface area contributed by atoms with Crippen molar-refractivity contribution in [2.45, 2.75) is 33.1 Å². The van der Waals surface area contributed by atoms with Gasteiger partial charge in [-0.15, -0.1) is 0 Å². The van der Waals surface area contributed by atoms with Crippen molar-refractivity contribution in [1.29, 1.82) is 0 Å². The number of hydrogen-bond donors (Lipinski definition) is 1. The highest BCUT2D eigenvalue weighted by Gasteiger charge is 2.22. The summed E-state index contributed by atoms with van der Waals surface area (Å²) >= 11 is 0. The van der Waals surface area contributed by atoms with Crippen LogP contribution in [0, 0.1) is 6.92 Å². The maximum absolute atomic E-state index is 12.2. The molecule has 0 saturated heterocycles. The quantitative estimate of drug-likeness (QED) is 0.814. The van der Waals surface area contributed by atoms with Crippen LogP contribution in [-0.4, -0.2) is 32.3 Å². The molecular weight excluding hydrogens is 342 g/mol. The van der Waals surface area contributed by atoms with Crippen LogP contribution in [0.25, 0.3) is 0 Å². The average Bonchev–Trinajstić information content (AvgIpc) is 2.91. The van der Waals surface area contributed by atoms with E-state index in [9.17, 15) is 13.2 Å². The Bertz CT molecular complexity index is 843. The Morgan fingerprint density at radius 3 is 2.56 bits per heavy atom. The third-order valence-corrected chi connectivity index (χ3v) is 4.85. The summed E-state index contributed by atoms with van der Waals surface area (Å²) in [6.45, 7) is 5.76. The normalized spacial score (nSPS) is 11.6. The largest absolute Gasteiger partial charge is 0.360 e. The molecule has 1 N–H and O–H groups in total. The molecule has 1 aromatic heterocycles. The summed E-state index contributed by atoms with van der Waals surface area (Å²) in [5.74, 6) is 0.728. The van der Waals surface area contributed by atoms with Gasteiger partial charge in [-0.3, -0.25) is 9.10 Å². The van der Waals surface area contributed by atoms with Crippen LogP contribution in [-0.2, 0) is 14.8 Å². The Labute approximate surface area is 148 Å². The molecule has 1 heterocycles. The maximum Gasteiger partial charge on any atom is 0.232 e. The van der Waals surface area contributed by atoms with Gasteiger partial charge in [0.25, 0.3) is 0 Å². The molecule has 0 spiro atoms. The van der Waals surface area contributed by atoms with E-state index in [2.05, 4.69) is 10.5 Å². The molecule has 2 aromatic rings. The first-order valence-electron chi connectivity index (χ1n) is 7.98. The summed E-state index contributed by atoms with van der Waals surface area (Å²) in [4.78, 5) is 12.1. The number of para-hydroxylation sites is 1. The van der Waals surface area contributed by atoms with Crippen LogP contribution >= 0.6 is 0 Å². The van der Waals surface area contributed by atoms with Crippen molar-refractivity contribution < 1.29 is 17.7 Å². The minimum Gasteiger partial charge on any atom is -0.360 e. The predicted molar refractivity (Wildman–Crippen MR) is 97.2 cm³/mol. The van der Waals surface area contributed by atoms with Gasteiger partial charge in [0, 0.05) is 19.0 Å². The fourth-order valence-electron chi connectivity index (χ4n) is 2.50.